The minimum absolute atomic E-state index is 0.381. The van der Waals surface area contributed by atoms with Gasteiger partial charge in [-0.15, -0.1) is 11.8 Å². The van der Waals surface area contributed by atoms with E-state index in [4.69, 9.17) is 20.9 Å². The highest BCUT2D eigenvalue weighted by atomic mass is 32.2. The second-order valence-corrected chi connectivity index (χ2v) is 4.93. The first-order valence-electron chi connectivity index (χ1n) is 4.69. The van der Waals surface area contributed by atoms with Gasteiger partial charge in [0.25, 0.3) is 0 Å². The molecular formula is C10H14N2O2S. The molecule has 1 heterocycles. The molecule has 0 amide bonds. The lowest BCUT2D eigenvalue weighted by Crippen LogP contribution is -2.17. The van der Waals surface area contributed by atoms with Gasteiger partial charge in [-0.1, -0.05) is 0 Å². The minimum atomic E-state index is 0.381. The van der Waals surface area contributed by atoms with Gasteiger partial charge in [0.2, 0.25) is 0 Å². The van der Waals surface area contributed by atoms with Gasteiger partial charge in [0.1, 0.15) is 12.4 Å². The summed E-state index contributed by atoms with van der Waals surface area (Å²) < 4.78 is 10.7. The molecule has 0 saturated heterocycles. The summed E-state index contributed by atoms with van der Waals surface area (Å²) in [5.74, 6) is 1.30. The zero-order chi connectivity index (χ0) is 11.0. The molecule has 1 atom stereocenters. The lowest BCUT2D eigenvalue weighted by Gasteiger charge is -2.25. The van der Waals surface area contributed by atoms with Gasteiger partial charge in [-0.2, -0.15) is 0 Å². The van der Waals surface area contributed by atoms with Gasteiger partial charge in [-0.05, 0) is 6.92 Å². The lowest BCUT2D eigenvalue weighted by atomic mass is 10.2. The van der Waals surface area contributed by atoms with Crippen LogP contribution in [0.4, 0.5) is 11.4 Å². The molecular weight excluding hydrogens is 212 g/mol. The number of anilines is 2. The summed E-state index contributed by atoms with van der Waals surface area (Å²) in [5, 5.41) is 0.381. The van der Waals surface area contributed by atoms with Crippen molar-refractivity contribution in [3.63, 3.8) is 0 Å². The number of nitrogen functional groups attached to an aromatic ring is 2. The fourth-order valence-corrected chi connectivity index (χ4v) is 2.57. The highest BCUT2D eigenvalue weighted by Gasteiger charge is 2.24. The average molecular weight is 226 g/mol. The monoisotopic (exact) mass is 226 g/mol. The van der Waals surface area contributed by atoms with E-state index in [0.717, 1.165) is 4.90 Å². The number of thioether (sulfide) groups is 1. The molecule has 82 valence electrons. The number of ether oxygens (including phenoxy) is 2. The number of hydrogen-bond donors (Lipinski definition) is 2. The fraction of sp³-hybridized carbons (Fsp3) is 0.400. The third kappa shape index (κ3) is 1.67. The second-order valence-electron chi connectivity index (χ2n) is 3.48. The second kappa shape index (κ2) is 3.73. The summed E-state index contributed by atoms with van der Waals surface area (Å²) in [6.07, 6.45) is 0. The number of rotatable bonds is 1. The van der Waals surface area contributed by atoms with Crippen molar-refractivity contribution < 1.29 is 9.47 Å². The van der Waals surface area contributed by atoms with E-state index < -0.39 is 0 Å². The molecule has 0 bridgehead atoms. The van der Waals surface area contributed by atoms with E-state index in [-0.39, 0.29) is 0 Å². The molecule has 0 aliphatic carbocycles. The van der Waals surface area contributed by atoms with Crippen molar-refractivity contribution in [2.75, 3.05) is 25.2 Å². The fourth-order valence-electron chi connectivity index (χ4n) is 1.52. The van der Waals surface area contributed by atoms with Crippen LogP contribution in [0.3, 0.4) is 0 Å². The lowest BCUT2D eigenvalue weighted by molar-refractivity contribution is 0.309. The van der Waals surface area contributed by atoms with Gasteiger partial charge in [0.05, 0.1) is 23.4 Å². The van der Waals surface area contributed by atoms with E-state index >= 15 is 0 Å². The van der Waals surface area contributed by atoms with E-state index in [9.17, 15) is 0 Å². The van der Waals surface area contributed by atoms with Gasteiger partial charge in [-0.3, -0.25) is 0 Å². The Bertz CT molecular complexity index is 395. The predicted octanol–water partition coefficient (Wildman–Crippen LogP) is 1.73. The first-order chi connectivity index (χ1) is 7.13. The zero-order valence-corrected chi connectivity index (χ0v) is 9.56. The van der Waals surface area contributed by atoms with Crippen LogP contribution in [-0.2, 0) is 0 Å². The van der Waals surface area contributed by atoms with Crippen LogP contribution in [0.2, 0.25) is 0 Å². The van der Waals surface area contributed by atoms with E-state index in [1.165, 1.54) is 0 Å². The van der Waals surface area contributed by atoms with Gasteiger partial charge in [0.15, 0.2) is 5.75 Å². The van der Waals surface area contributed by atoms with E-state index in [1.807, 2.05) is 0 Å². The number of fused-ring (bicyclic) bond motifs is 1. The van der Waals surface area contributed by atoms with Crippen LogP contribution in [0, 0.1) is 0 Å². The van der Waals surface area contributed by atoms with Gasteiger partial charge in [0, 0.05) is 11.3 Å². The Morgan fingerprint density at radius 1 is 1.53 bits per heavy atom. The molecule has 0 spiro atoms. The maximum atomic E-state index is 5.96. The van der Waals surface area contributed by atoms with Crippen molar-refractivity contribution >= 4 is 23.1 Å². The Labute approximate surface area is 92.9 Å². The van der Waals surface area contributed by atoms with E-state index in [0.29, 0.717) is 34.7 Å². The Hall–Kier alpha value is -1.23. The SMILES string of the molecule is COc1cc(N)c2c(c1N)SC(C)CO2. The van der Waals surface area contributed by atoms with Crippen molar-refractivity contribution in [3.8, 4) is 11.5 Å². The largest absolute Gasteiger partial charge is 0.494 e. The van der Waals surface area contributed by atoms with Crippen molar-refractivity contribution in [2.24, 2.45) is 0 Å². The normalized spacial score (nSPS) is 19.2. The minimum Gasteiger partial charge on any atom is -0.494 e. The summed E-state index contributed by atoms with van der Waals surface area (Å²) in [6, 6.07) is 1.70. The number of hydrogen-bond acceptors (Lipinski definition) is 5. The van der Waals surface area contributed by atoms with Crippen LogP contribution >= 0.6 is 11.8 Å². The van der Waals surface area contributed by atoms with Gasteiger partial charge >= 0.3 is 0 Å². The molecule has 0 radical (unpaired) electrons. The Morgan fingerprint density at radius 2 is 2.27 bits per heavy atom. The van der Waals surface area contributed by atoms with Crippen LogP contribution in [0.5, 0.6) is 11.5 Å². The summed E-state index contributed by atoms with van der Waals surface area (Å²) in [7, 11) is 1.58. The van der Waals surface area contributed by atoms with E-state index in [2.05, 4.69) is 6.92 Å². The molecule has 4 nitrogen and oxygen atoms in total. The standard InChI is InChI=1S/C10H14N2O2S/c1-5-4-14-9-6(11)3-7(13-2)8(12)10(9)15-5/h3,5H,4,11-12H2,1-2H3. The molecule has 0 saturated carbocycles. The Kier molecular flexibility index (Phi) is 2.56. The Morgan fingerprint density at radius 3 is 2.93 bits per heavy atom. The molecule has 1 aromatic carbocycles. The van der Waals surface area contributed by atoms with Crippen molar-refractivity contribution in [1.29, 1.82) is 0 Å². The summed E-state index contributed by atoms with van der Waals surface area (Å²) in [5.41, 5.74) is 13.0. The first kappa shape index (κ1) is 10.3. The molecule has 5 heteroatoms. The molecule has 1 aliphatic rings. The van der Waals surface area contributed by atoms with Crippen LogP contribution in [0.15, 0.2) is 11.0 Å². The van der Waals surface area contributed by atoms with Crippen LogP contribution in [0.1, 0.15) is 6.92 Å². The maximum Gasteiger partial charge on any atom is 0.158 e. The average Bonchev–Trinajstić information content (AvgIpc) is 2.23. The summed E-state index contributed by atoms with van der Waals surface area (Å²) >= 11 is 1.67. The molecule has 15 heavy (non-hydrogen) atoms. The van der Waals surface area contributed by atoms with Crippen molar-refractivity contribution in [2.45, 2.75) is 17.1 Å². The van der Waals surface area contributed by atoms with E-state index in [1.54, 1.807) is 24.9 Å². The molecule has 2 rings (SSSR count). The Balaban J connectivity index is 2.55. The van der Waals surface area contributed by atoms with Crippen molar-refractivity contribution in [1.82, 2.24) is 0 Å². The predicted molar refractivity (Wildman–Crippen MR) is 62.6 cm³/mol. The molecule has 1 aromatic rings. The third-order valence-corrected chi connectivity index (χ3v) is 3.45. The number of benzene rings is 1. The van der Waals surface area contributed by atoms with Crippen LogP contribution < -0.4 is 20.9 Å². The molecule has 0 aromatic heterocycles. The maximum absolute atomic E-state index is 5.96. The molecule has 1 aliphatic heterocycles. The molecule has 4 N–H and O–H groups in total. The molecule has 0 fully saturated rings. The van der Waals surface area contributed by atoms with Crippen molar-refractivity contribution in [3.05, 3.63) is 6.07 Å². The third-order valence-electron chi connectivity index (χ3n) is 2.27. The summed E-state index contributed by atoms with van der Waals surface area (Å²) in [6.45, 7) is 2.75. The molecule has 1 unspecified atom stereocenters. The highest BCUT2D eigenvalue weighted by Crippen LogP contribution is 2.48. The number of methoxy groups -OCH3 is 1. The number of nitrogens with two attached hydrogens (primary N) is 2. The van der Waals surface area contributed by atoms with Gasteiger partial charge in [-0.25, -0.2) is 0 Å². The topological polar surface area (TPSA) is 70.5 Å². The highest BCUT2D eigenvalue weighted by molar-refractivity contribution is 8.00. The van der Waals surface area contributed by atoms with Gasteiger partial charge < -0.3 is 20.9 Å². The van der Waals surface area contributed by atoms with Crippen LogP contribution in [-0.4, -0.2) is 19.0 Å². The smallest absolute Gasteiger partial charge is 0.158 e. The van der Waals surface area contributed by atoms with Crippen LogP contribution in [0.25, 0.3) is 0 Å². The zero-order valence-electron chi connectivity index (χ0n) is 8.74. The first-order valence-corrected chi connectivity index (χ1v) is 5.56. The summed E-state index contributed by atoms with van der Waals surface area (Å²) in [4.78, 5) is 0.894. The quantitative estimate of drug-likeness (QED) is 0.714.